The number of amides is 2. The Morgan fingerprint density at radius 3 is 2.38 bits per heavy atom. The molecular formula is C23H19Cl4N3O4. The summed E-state index contributed by atoms with van der Waals surface area (Å²) in [4.78, 5) is 43.5. The van der Waals surface area contributed by atoms with Crippen molar-refractivity contribution in [2.45, 2.75) is 24.4 Å². The molecule has 7 nitrogen and oxygen atoms in total. The molecule has 2 N–H and O–H groups in total. The third kappa shape index (κ3) is 3.25. The van der Waals surface area contributed by atoms with Crippen LogP contribution in [0.1, 0.15) is 18.4 Å². The van der Waals surface area contributed by atoms with Crippen molar-refractivity contribution in [1.29, 1.82) is 0 Å². The molecule has 0 aliphatic carbocycles. The third-order valence-corrected chi connectivity index (χ3v) is 8.10. The van der Waals surface area contributed by atoms with E-state index in [-0.39, 0.29) is 10.0 Å². The Balaban J connectivity index is 1.67. The number of fused-ring (bicyclic) bond motifs is 4. The zero-order valence-electron chi connectivity index (χ0n) is 17.8. The SMILES string of the molecule is CN(C(=O)[C@H]1[C@H]2CCCN2[C@]2(C(=O)Nc3c(Cl)cc(Cl)cc32)[C@H]1C(=O)O)c1cc(Cl)cc(Cl)c1. The van der Waals surface area contributed by atoms with Gasteiger partial charge in [0.05, 0.1) is 16.6 Å². The summed E-state index contributed by atoms with van der Waals surface area (Å²) >= 11 is 24.9. The van der Waals surface area contributed by atoms with Crippen molar-refractivity contribution in [3.63, 3.8) is 0 Å². The highest BCUT2D eigenvalue weighted by atomic mass is 35.5. The normalized spacial score (nSPS) is 27.6. The Bertz CT molecular complexity index is 1230. The van der Waals surface area contributed by atoms with E-state index in [4.69, 9.17) is 46.4 Å². The molecule has 3 heterocycles. The minimum absolute atomic E-state index is 0.216. The monoisotopic (exact) mass is 541 g/mol. The second kappa shape index (κ2) is 8.28. The van der Waals surface area contributed by atoms with Crippen LogP contribution >= 0.6 is 46.4 Å². The summed E-state index contributed by atoms with van der Waals surface area (Å²) in [5.74, 6) is -4.57. The number of rotatable bonds is 3. The topological polar surface area (TPSA) is 90.0 Å². The molecule has 0 aromatic heterocycles. The van der Waals surface area contributed by atoms with Crippen LogP contribution in [0.2, 0.25) is 20.1 Å². The van der Waals surface area contributed by atoms with E-state index in [0.29, 0.717) is 46.4 Å². The summed E-state index contributed by atoms with van der Waals surface area (Å²) in [5.41, 5.74) is -0.460. The largest absolute Gasteiger partial charge is 0.481 e. The predicted molar refractivity (Wildman–Crippen MR) is 131 cm³/mol. The molecule has 0 radical (unpaired) electrons. The molecule has 2 aromatic rings. The van der Waals surface area contributed by atoms with Crippen molar-refractivity contribution in [3.8, 4) is 0 Å². The lowest BCUT2D eigenvalue weighted by molar-refractivity contribution is -0.152. The van der Waals surface area contributed by atoms with Gasteiger partial charge in [-0.3, -0.25) is 19.3 Å². The lowest BCUT2D eigenvalue weighted by Crippen LogP contribution is -2.53. The Labute approximate surface area is 215 Å². The number of hydrogen-bond acceptors (Lipinski definition) is 4. The number of benzene rings is 2. The minimum atomic E-state index is -1.61. The van der Waals surface area contributed by atoms with Crippen LogP contribution in [0.15, 0.2) is 30.3 Å². The van der Waals surface area contributed by atoms with Gasteiger partial charge in [0.15, 0.2) is 0 Å². The summed E-state index contributed by atoms with van der Waals surface area (Å²) < 4.78 is 0. The number of nitrogens with one attached hydrogen (secondary N) is 1. The first-order valence-electron chi connectivity index (χ1n) is 10.6. The molecule has 0 saturated carbocycles. The van der Waals surface area contributed by atoms with Gasteiger partial charge in [-0.25, -0.2) is 0 Å². The van der Waals surface area contributed by atoms with Crippen LogP contribution in [0.5, 0.6) is 0 Å². The van der Waals surface area contributed by atoms with Gasteiger partial charge >= 0.3 is 5.97 Å². The number of hydrogen-bond donors (Lipinski definition) is 2. The molecule has 2 amide bonds. The van der Waals surface area contributed by atoms with E-state index in [9.17, 15) is 19.5 Å². The molecule has 11 heteroatoms. The number of halogens is 4. The number of aliphatic carboxylic acids is 1. The average molecular weight is 543 g/mol. The molecule has 3 aliphatic rings. The van der Waals surface area contributed by atoms with E-state index < -0.39 is 41.2 Å². The van der Waals surface area contributed by atoms with Gasteiger partial charge in [0.1, 0.15) is 11.5 Å². The Hall–Kier alpha value is -2.03. The number of anilines is 2. The quantitative estimate of drug-likeness (QED) is 0.575. The van der Waals surface area contributed by atoms with Crippen molar-refractivity contribution in [2.24, 2.45) is 11.8 Å². The van der Waals surface area contributed by atoms with Gasteiger partial charge in [0.2, 0.25) is 5.91 Å². The van der Waals surface area contributed by atoms with E-state index in [1.807, 2.05) is 4.90 Å². The smallest absolute Gasteiger partial charge is 0.310 e. The van der Waals surface area contributed by atoms with Crippen molar-refractivity contribution in [1.82, 2.24) is 4.90 Å². The summed E-state index contributed by atoms with van der Waals surface area (Å²) in [6, 6.07) is 7.30. The summed E-state index contributed by atoms with van der Waals surface area (Å²) in [6.07, 6.45) is 1.29. The van der Waals surface area contributed by atoms with Gasteiger partial charge in [-0.2, -0.15) is 0 Å². The standard InChI is InChI=1S/C23H19Cl4N3O4/c1-29(13-6-10(24)5-11(25)7-13)20(31)17-16-3-2-4-30(16)23(18(17)21(32)33)14-8-12(26)9-15(27)19(14)28-22(23)34/h5-9,16-18H,2-4H2,1H3,(H,28,34)(H,32,33)/t16-,17+,18-,23+/m1/s1. The van der Waals surface area contributed by atoms with Crippen molar-refractivity contribution in [2.75, 3.05) is 23.8 Å². The van der Waals surface area contributed by atoms with Crippen LogP contribution in [0, 0.1) is 11.8 Å². The van der Waals surface area contributed by atoms with Crippen LogP contribution in [-0.2, 0) is 19.9 Å². The molecule has 178 valence electrons. The molecule has 4 atom stereocenters. The maximum atomic E-state index is 13.9. The second-order valence-corrected chi connectivity index (χ2v) is 10.5. The molecule has 3 aliphatic heterocycles. The Morgan fingerprint density at radius 1 is 1.09 bits per heavy atom. The van der Waals surface area contributed by atoms with Gasteiger partial charge in [-0.05, 0) is 49.7 Å². The highest BCUT2D eigenvalue weighted by molar-refractivity contribution is 6.38. The summed E-state index contributed by atoms with van der Waals surface area (Å²) in [7, 11) is 1.55. The molecule has 5 rings (SSSR count). The maximum Gasteiger partial charge on any atom is 0.310 e. The fourth-order valence-corrected chi connectivity index (χ4v) is 6.97. The Morgan fingerprint density at radius 2 is 1.74 bits per heavy atom. The van der Waals surface area contributed by atoms with Crippen molar-refractivity contribution < 1.29 is 19.5 Å². The van der Waals surface area contributed by atoms with Crippen LogP contribution in [-0.4, -0.2) is 47.4 Å². The van der Waals surface area contributed by atoms with E-state index in [1.54, 1.807) is 31.3 Å². The van der Waals surface area contributed by atoms with Gasteiger partial charge in [0, 0.05) is 39.4 Å². The zero-order valence-corrected chi connectivity index (χ0v) is 20.8. The average Bonchev–Trinajstić information content (AvgIpc) is 3.40. The third-order valence-electron chi connectivity index (χ3n) is 7.14. The van der Waals surface area contributed by atoms with Gasteiger partial charge < -0.3 is 15.3 Å². The minimum Gasteiger partial charge on any atom is -0.481 e. The Kier molecular flexibility index (Phi) is 5.77. The number of nitrogens with zero attached hydrogens (tertiary/aromatic N) is 2. The van der Waals surface area contributed by atoms with Gasteiger partial charge in [-0.15, -0.1) is 0 Å². The van der Waals surface area contributed by atoms with Crippen LogP contribution < -0.4 is 10.2 Å². The highest BCUT2D eigenvalue weighted by Gasteiger charge is 2.71. The first kappa shape index (κ1) is 23.7. The predicted octanol–water partition coefficient (Wildman–Crippen LogP) is 4.91. The van der Waals surface area contributed by atoms with E-state index in [1.165, 1.54) is 11.0 Å². The van der Waals surface area contributed by atoms with Crippen molar-refractivity contribution in [3.05, 3.63) is 56.0 Å². The number of carbonyl (C=O) groups excluding carboxylic acids is 2. The van der Waals surface area contributed by atoms with E-state index in [0.717, 1.165) is 0 Å². The first-order chi connectivity index (χ1) is 16.1. The second-order valence-electron chi connectivity index (χ2n) is 8.80. The van der Waals surface area contributed by atoms with Gasteiger partial charge in [-0.1, -0.05) is 46.4 Å². The lowest BCUT2D eigenvalue weighted by atomic mass is 9.73. The molecule has 34 heavy (non-hydrogen) atoms. The summed E-state index contributed by atoms with van der Waals surface area (Å²) in [5, 5.41) is 14.4. The molecule has 2 aromatic carbocycles. The van der Waals surface area contributed by atoms with E-state index >= 15 is 0 Å². The van der Waals surface area contributed by atoms with E-state index in [2.05, 4.69) is 5.32 Å². The number of carboxylic acid groups (broad SMARTS) is 1. The van der Waals surface area contributed by atoms with Crippen molar-refractivity contribution >= 4 is 75.6 Å². The van der Waals surface area contributed by atoms with Crippen LogP contribution in [0.25, 0.3) is 0 Å². The number of carbonyl (C=O) groups is 3. The van der Waals surface area contributed by atoms with Gasteiger partial charge in [0.25, 0.3) is 5.91 Å². The molecular weight excluding hydrogens is 524 g/mol. The van der Waals surface area contributed by atoms with Crippen LogP contribution in [0.3, 0.4) is 0 Å². The van der Waals surface area contributed by atoms with Crippen LogP contribution in [0.4, 0.5) is 11.4 Å². The molecule has 1 spiro atoms. The summed E-state index contributed by atoms with van der Waals surface area (Å²) in [6.45, 7) is 0.460. The fraction of sp³-hybridized carbons (Fsp3) is 0.348. The maximum absolute atomic E-state index is 13.9. The number of carboxylic acids is 1. The zero-order chi connectivity index (χ0) is 24.5. The molecule has 2 saturated heterocycles. The molecule has 0 unspecified atom stereocenters. The molecule has 2 fully saturated rings. The first-order valence-corrected chi connectivity index (χ1v) is 12.1. The fourth-order valence-electron chi connectivity index (χ4n) is 5.91. The molecule has 0 bridgehead atoms. The lowest BCUT2D eigenvalue weighted by Gasteiger charge is -2.35. The highest BCUT2D eigenvalue weighted by Crippen LogP contribution is 2.59.